The number of hydrogen-bond donors (Lipinski definition) is 2. The fraction of sp³-hybridized carbons (Fsp3) is 0. The van der Waals surface area contributed by atoms with Crippen LogP contribution >= 0.6 is 22.9 Å². The normalized spacial score (nSPS) is 11.0. The first-order valence-corrected chi connectivity index (χ1v) is 7.93. The van der Waals surface area contributed by atoms with Crippen molar-refractivity contribution in [1.29, 1.82) is 0 Å². The summed E-state index contributed by atoms with van der Waals surface area (Å²) in [6.45, 7) is 0. The average molecular weight is 347 g/mol. The number of hydrogen-bond acceptors (Lipinski definition) is 5. The van der Waals surface area contributed by atoms with E-state index in [0.29, 0.717) is 10.9 Å². The van der Waals surface area contributed by atoms with Crippen molar-refractivity contribution in [1.82, 2.24) is 4.98 Å². The average Bonchev–Trinajstić information content (AvgIpc) is 2.96. The van der Waals surface area contributed by atoms with Gasteiger partial charge in [-0.2, -0.15) is 5.10 Å². The zero-order chi connectivity index (χ0) is 16.2. The third kappa shape index (κ3) is 3.85. The molecular formula is C16H12ClFN4S. The molecule has 0 atom stereocenters. The number of nitrogens with one attached hydrogen (secondary N) is 1. The molecule has 0 amide bonds. The number of benzene rings is 2. The van der Waals surface area contributed by atoms with Gasteiger partial charge < -0.3 is 5.73 Å². The van der Waals surface area contributed by atoms with Gasteiger partial charge in [0.25, 0.3) is 0 Å². The Morgan fingerprint density at radius 2 is 1.91 bits per heavy atom. The second-order valence-electron chi connectivity index (χ2n) is 4.70. The highest BCUT2D eigenvalue weighted by molar-refractivity contribution is 7.14. The number of nitrogen functional groups attached to an aromatic ring is 1. The molecule has 0 aliphatic carbocycles. The Morgan fingerprint density at radius 3 is 2.57 bits per heavy atom. The lowest BCUT2D eigenvalue weighted by Gasteiger charge is -2.03. The number of anilines is 2. The van der Waals surface area contributed by atoms with Gasteiger partial charge in [0.15, 0.2) is 0 Å². The van der Waals surface area contributed by atoms with Crippen LogP contribution < -0.4 is 11.2 Å². The Kier molecular flexibility index (Phi) is 4.55. The van der Waals surface area contributed by atoms with Crippen molar-refractivity contribution < 1.29 is 4.39 Å². The topological polar surface area (TPSA) is 63.3 Å². The van der Waals surface area contributed by atoms with E-state index in [1.807, 2.05) is 24.3 Å². The molecule has 0 saturated heterocycles. The summed E-state index contributed by atoms with van der Waals surface area (Å²) in [4.78, 5) is 4.04. The summed E-state index contributed by atoms with van der Waals surface area (Å²) in [7, 11) is 0. The summed E-state index contributed by atoms with van der Waals surface area (Å²) >= 11 is 7.07. The van der Waals surface area contributed by atoms with Crippen LogP contribution in [0.25, 0.3) is 11.1 Å². The maximum Gasteiger partial charge on any atom is 0.205 e. The third-order valence-corrected chi connectivity index (χ3v) is 4.13. The van der Waals surface area contributed by atoms with Crippen molar-refractivity contribution in [3.63, 3.8) is 0 Å². The van der Waals surface area contributed by atoms with Crippen molar-refractivity contribution in [2.45, 2.75) is 0 Å². The van der Waals surface area contributed by atoms with Crippen molar-refractivity contribution in [2.75, 3.05) is 11.2 Å². The molecule has 1 heterocycles. The van der Waals surface area contributed by atoms with E-state index in [0.717, 1.165) is 16.7 Å². The highest BCUT2D eigenvalue weighted by Crippen LogP contribution is 2.24. The minimum atomic E-state index is -0.429. The molecule has 3 N–H and O–H groups in total. The van der Waals surface area contributed by atoms with E-state index in [1.54, 1.807) is 23.7 Å². The number of halogens is 2. The summed E-state index contributed by atoms with van der Waals surface area (Å²) in [5, 5.41) is 6.58. The van der Waals surface area contributed by atoms with Crippen LogP contribution in [0.4, 0.5) is 15.3 Å². The molecule has 3 rings (SSSR count). The molecule has 3 aromatic rings. The monoisotopic (exact) mass is 346 g/mol. The summed E-state index contributed by atoms with van der Waals surface area (Å²) in [5.41, 5.74) is 10.9. The van der Waals surface area contributed by atoms with Gasteiger partial charge in [0, 0.05) is 5.38 Å². The van der Waals surface area contributed by atoms with Gasteiger partial charge in [-0.15, -0.1) is 11.3 Å². The molecule has 0 aliphatic heterocycles. The highest BCUT2D eigenvalue weighted by Gasteiger charge is 2.03. The Labute approximate surface area is 141 Å². The lowest BCUT2D eigenvalue weighted by Crippen LogP contribution is -1.91. The standard InChI is InChI=1S/C16H12ClFN4S/c17-13-6-5-12(7-14(13)18)11-3-1-10(2-4-11)8-20-22-16-21-15(19)9-23-16/h1-9H,19H2,(H,21,22). The minimum absolute atomic E-state index is 0.117. The predicted molar refractivity (Wildman–Crippen MR) is 94.6 cm³/mol. The fourth-order valence-corrected chi connectivity index (χ4v) is 2.60. The number of aromatic nitrogens is 1. The van der Waals surface area contributed by atoms with Crippen molar-refractivity contribution in [3.8, 4) is 11.1 Å². The smallest absolute Gasteiger partial charge is 0.205 e. The van der Waals surface area contributed by atoms with E-state index in [-0.39, 0.29) is 5.02 Å². The molecule has 116 valence electrons. The van der Waals surface area contributed by atoms with E-state index in [4.69, 9.17) is 17.3 Å². The quantitative estimate of drug-likeness (QED) is 0.534. The van der Waals surface area contributed by atoms with Gasteiger partial charge in [0.1, 0.15) is 11.6 Å². The molecule has 23 heavy (non-hydrogen) atoms. The van der Waals surface area contributed by atoms with Crippen LogP contribution in [0.15, 0.2) is 52.9 Å². The molecule has 0 radical (unpaired) electrons. The number of nitrogens with zero attached hydrogens (tertiary/aromatic N) is 2. The molecule has 4 nitrogen and oxygen atoms in total. The number of thiazole rings is 1. The van der Waals surface area contributed by atoms with Gasteiger partial charge in [-0.3, -0.25) is 5.43 Å². The largest absolute Gasteiger partial charge is 0.383 e. The van der Waals surface area contributed by atoms with Crippen LogP contribution in [0.1, 0.15) is 5.56 Å². The number of hydrazone groups is 1. The molecule has 0 aliphatic rings. The second-order valence-corrected chi connectivity index (χ2v) is 5.96. The molecule has 0 unspecified atom stereocenters. The van der Waals surface area contributed by atoms with Gasteiger partial charge >= 0.3 is 0 Å². The summed E-state index contributed by atoms with van der Waals surface area (Å²) in [6, 6.07) is 12.3. The zero-order valence-corrected chi connectivity index (χ0v) is 13.4. The van der Waals surface area contributed by atoms with Crippen LogP contribution in [0.5, 0.6) is 0 Å². The van der Waals surface area contributed by atoms with Crippen molar-refractivity contribution in [2.24, 2.45) is 5.10 Å². The van der Waals surface area contributed by atoms with Gasteiger partial charge in [-0.25, -0.2) is 9.37 Å². The van der Waals surface area contributed by atoms with Gasteiger partial charge in [-0.05, 0) is 28.8 Å². The van der Waals surface area contributed by atoms with Crippen LogP contribution in [-0.2, 0) is 0 Å². The van der Waals surface area contributed by atoms with Crippen molar-refractivity contribution in [3.05, 3.63) is 64.2 Å². The van der Waals surface area contributed by atoms with Crippen LogP contribution in [0.3, 0.4) is 0 Å². The molecular weight excluding hydrogens is 335 g/mol. The van der Waals surface area contributed by atoms with E-state index >= 15 is 0 Å². The Morgan fingerprint density at radius 1 is 1.17 bits per heavy atom. The number of rotatable bonds is 4. The molecule has 0 spiro atoms. The highest BCUT2D eigenvalue weighted by atomic mass is 35.5. The summed E-state index contributed by atoms with van der Waals surface area (Å²) in [6.07, 6.45) is 1.67. The predicted octanol–water partition coefficient (Wildman–Crippen LogP) is 4.63. The molecule has 0 saturated carbocycles. The minimum Gasteiger partial charge on any atom is -0.383 e. The van der Waals surface area contributed by atoms with E-state index in [2.05, 4.69) is 15.5 Å². The summed E-state index contributed by atoms with van der Waals surface area (Å²) < 4.78 is 13.5. The first kappa shape index (κ1) is 15.5. The summed E-state index contributed by atoms with van der Waals surface area (Å²) in [5.74, 6) is 0.0361. The molecule has 0 bridgehead atoms. The van der Waals surface area contributed by atoms with Gasteiger partial charge in [0.05, 0.1) is 11.2 Å². The van der Waals surface area contributed by atoms with Gasteiger partial charge in [-0.1, -0.05) is 41.9 Å². The molecule has 1 aromatic heterocycles. The second kappa shape index (κ2) is 6.76. The zero-order valence-electron chi connectivity index (χ0n) is 11.8. The van der Waals surface area contributed by atoms with Crippen LogP contribution in [-0.4, -0.2) is 11.2 Å². The Balaban J connectivity index is 1.70. The Hall–Kier alpha value is -2.44. The SMILES string of the molecule is Nc1csc(NN=Cc2ccc(-c3ccc(Cl)c(F)c3)cc2)n1. The molecule has 0 fully saturated rings. The maximum absolute atomic E-state index is 13.5. The molecule has 2 aromatic carbocycles. The maximum atomic E-state index is 13.5. The lowest BCUT2D eigenvalue weighted by molar-refractivity contribution is 0.629. The first-order valence-electron chi connectivity index (χ1n) is 6.67. The van der Waals surface area contributed by atoms with Crippen molar-refractivity contribution >= 4 is 40.1 Å². The molecule has 7 heteroatoms. The lowest BCUT2D eigenvalue weighted by atomic mass is 10.0. The fourth-order valence-electron chi connectivity index (χ4n) is 1.94. The first-order chi connectivity index (χ1) is 11.1. The number of nitrogens with two attached hydrogens (primary N) is 1. The van der Waals surface area contributed by atoms with E-state index in [9.17, 15) is 4.39 Å². The van der Waals surface area contributed by atoms with Crippen LogP contribution in [0.2, 0.25) is 5.02 Å². The van der Waals surface area contributed by atoms with Crippen LogP contribution in [0, 0.1) is 5.82 Å². The van der Waals surface area contributed by atoms with E-state index in [1.165, 1.54) is 17.4 Å². The van der Waals surface area contributed by atoms with E-state index < -0.39 is 5.82 Å². The third-order valence-electron chi connectivity index (χ3n) is 3.06. The Bertz CT molecular complexity index is 846. The van der Waals surface area contributed by atoms with Gasteiger partial charge in [0.2, 0.25) is 5.13 Å².